The highest BCUT2D eigenvalue weighted by Gasteiger charge is 2.16. The van der Waals surface area contributed by atoms with Crippen molar-refractivity contribution in [2.24, 2.45) is 0 Å². The van der Waals surface area contributed by atoms with Crippen molar-refractivity contribution < 1.29 is 9.18 Å². The predicted molar refractivity (Wildman–Crippen MR) is 81.1 cm³/mol. The minimum atomic E-state index is -0.328. The van der Waals surface area contributed by atoms with Gasteiger partial charge in [0.15, 0.2) is 0 Å². The van der Waals surface area contributed by atoms with E-state index in [1.807, 2.05) is 6.92 Å². The summed E-state index contributed by atoms with van der Waals surface area (Å²) in [7, 11) is 0. The van der Waals surface area contributed by atoms with Crippen LogP contribution in [0.3, 0.4) is 0 Å². The quantitative estimate of drug-likeness (QED) is 0.789. The molecule has 0 saturated heterocycles. The van der Waals surface area contributed by atoms with Crippen LogP contribution in [-0.4, -0.2) is 22.3 Å². The molecule has 0 unspecified atom stereocenters. The lowest BCUT2D eigenvalue weighted by atomic mass is 10.1. The van der Waals surface area contributed by atoms with Crippen LogP contribution < -0.4 is 0 Å². The number of hydrogen-bond donors (Lipinski definition) is 0. The third kappa shape index (κ3) is 4.16. The van der Waals surface area contributed by atoms with Gasteiger partial charge in [0.2, 0.25) is 0 Å². The molecule has 0 spiro atoms. The second kappa shape index (κ2) is 6.87. The number of nitrogens with zero attached hydrogens (tertiary/aromatic N) is 2. The van der Waals surface area contributed by atoms with Gasteiger partial charge in [-0.25, -0.2) is 9.37 Å². The first-order chi connectivity index (χ1) is 9.99. The van der Waals surface area contributed by atoms with Gasteiger partial charge >= 0.3 is 0 Å². The number of halogens is 3. The van der Waals surface area contributed by atoms with Crippen LogP contribution in [0.2, 0.25) is 10.3 Å². The van der Waals surface area contributed by atoms with E-state index < -0.39 is 0 Å². The zero-order valence-corrected chi connectivity index (χ0v) is 12.8. The van der Waals surface area contributed by atoms with E-state index in [0.717, 1.165) is 5.56 Å². The number of rotatable bonds is 4. The second-order valence-electron chi connectivity index (χ2n) is 4.45. The molecule has 0 N–H and O–H groups in total. The highest BCUT2D eigenvalue weighted by atomic mass is 35.5. The van der Waals surface area contributed by atoms with Crippen molar-refractivity contribution in [2.45, 2.75) is 13.5 Å². The number of carbonyl (C=O) groups excluding carboxylic acids is 1. The fourth-order valence-corrected chi connectivity index (χ4v) is 2.41. The van der Waals surface area contributed by atoms with Gasteiger partial charge in [-0.2, -0.15) is 0 Å². The maximum absolute atomic E-state index is 13.2. The van der Waals surface area contributed by atoms with Gasteiger partial charge in [-0.05, 0) is 36.8 Å². The highest BCUT2D eigenvalue weighted by molar-refractivity contribution is 6.33. The van der Waals surface area contributed by atoms with Crippen molar-refractivity contribution in [1.82, 2.24) is 9.88 Å². The van der Waals surface area contributed by atoms with Crippen LogP contribution in [0.1, 0.15) is 22.8 Å². The van der Waals surface area contributed by atoms with E-state index >= 15 is 0 Å². The normalized spacial score (nSPS) is 10.5. The molecule has 0 aliphatic heterocycles. The summed E-state index contributed by atoms with van der Waals surface area (Å²) in [6.45, 7) is 2.64. The number of amides is 1. The minimum Gasteiger partial charge on any atom is -0.335 e. The van der Waals surface area contributed by atoms with Crippen LogP contribution in [-0.2, 0) is 6.54 Å². The van der Waals surface area contributed by atoms with Crippen LogP contribution in [0, 0.1) is 5.82 Å². The van der Waals surface area contributed by atoms with Crippen molar-refractivity contribution in [3.8, 4) is 0 Å². The number of pyridine rings is 1. The smallest absolute Gasteiger partial charge is 0.254 e. The molecule has 110 valence electrons. The molecule has 0 fully saturated rings. The van der Waals surface area contributed by atoms with Gasteiger partial charge in [-0.3, -0.25) is 4.79 Å². The molecule has 3 nitrogen and oxygen atoms in total. The van der Waals surface area contributed by atoms with Gasteiger partial charge in [-0.1, -0.05) is 35.3 Å². The molecule has 1 amide bonds. The SMILES string of the molecule is CCN(Cc1cccc(F)c1)C(=O)c1cc(Cl)nc(Cl)c1. The standard InChI is InChI=1S/C15H13Cl2FN2O/c1-2-20(9-10-4-3-5-12(18)6-10)15(21)11-7-13(16)19-14(17)8-11/h3-8H,2,9H2,1H3. The van der Waals surface area contributed by atoms with E-state index in [1.54, 1.807) is 17.0 Å². The zero-order valence-electron chi connectivity index (χ0n) is 11.3. The Balaban J connectivity index is 2.22. The summed E-state index contributed by atoms with van der Waals surface area (Å²) in [5, 5.41) is 0.320. The Morgan fingerprint density at radius 1 is 1.24 bits per heavy atom. The first-order valence-corrected chi connectivity index (χ1v) is 7.12. The lowest BCUT2D eigenvalue weighted by Crippen LogP contribution is -2.30. The number of hydrogen-bond acceptors (Lipinski definition) is 2. The summed E-state index contributed by atoms with van der Waals surface area (Å²) in [5.74, 6) is -0.557. The van der Waals surface area contributed by atoms with Crippen LogP contribution >= 0.6 is 23.2 Å². The Hall–Kier alpha value is -1.65. The van der Waals surface area contributed by atoms with Gasteiger partial charge in [-0.15, -0.1) is 0 Å². The van der Waals surface area contributed by atoms with Crippen molar-refractivity contribution in [3.63, 3.8) is 0 Å². The summed E-state index contributed by atoms with van der Waals surface area (Å²) in [4.78, 5) is 17.8. The topological polar surface area (TPSA) is 33.2 Å². The molecule has 21 heavy (non-hydrogen) atoms. The molecular weight excluding hydrogens is 314 g/mol. The summed E-state index contributed by atoms with van der Waals surface area (Å²) >= 11 is 11.6. The largest absolute Gasteiger partial charge is 0.335 e. The molecule has 0 atom stereocenters. The molecule has 1 aromatic heterocycles. The number of carbonyl (C=O) groups is 1. The molecule has 0 saturated carbocycles. The molecule has 0 bridgehead atoms. The van der Waals surface area contributed by atoms with Crippen molar-refractivity contribution in [3.05, 3.63) is 63.6 Å². The first-order valence-electron chi connectivity index (χ1n) is 6.36. The Morgan fingerprint density at radius 3 is 2.48 bits per heavy atom. The van der Waals surface area contributed by atoms with Gasteiger partial charge in [0.1, 0.15) is 16.1 Å². The van der Waals surface area contributed by atoms with E-state index in [2.05, 4.69) is 4.98 Å². The molecule has 2 rings (SSSR count). The Kier molecular flexibility index (Phi) is 5.15. The number of benzene rings is 1. The van der Waals surface area contributed by atoms with Crippen molar-refractivity contribution >= 4 is 29.1 Å². The van der Waals surface area contributed by atoms with Crippen molar-refractivity contribution in [2.75, 3.05) is 6.54 Å². The monoisotopic (exact) mass is 326 g/mol. The molecule has 6 heteroatoms. The zero-order chi connectivity index (χ0) is 15.4. The lowest BCUT2D eigenvalue weighted by molar-refractivity contribution is 0.0752. The van der Waals surface area contributed by atoms with E-state index in [9.17, 15) is 9.18 Å². The molecule has 2 aromatic rings. The summed E-state index contributed by atoms with van der Waals surface area (Å²) in [6.07, 6.45) is 0. The van der Waals surface area contributed by atoms with Gasteiger partial charge in [0.05, 0.1) is 0 Å². The van der Waals surface area contributed by atoms with E-state index in [-0.39, 0.29) is 22.0 Å². The average molecular weight is 327 g/mol. The van der Waals surface area contributed by atoms with Gasteiger partial charge in [0.25, 0.3) is 5.91 Å². The van der Waals surface area contributed by atoms with E-state index in [4.69, 9.17) is 23.2 Å². The molecule has 0 aliphatic rings. The Morgan fingerprint density at radius 2 is 1.90 bits per heavy atom. The average Bonchev–Trinajstić information content (AvgIpc) is 2.43. The van der Waals surface area contributed by atoms with Gasteiger partial charge in [0, 0.05) is 18.7 Å². The van der Waals surface area contributed by atoms with Gasteiger partial charge < -0.3 is 4.90 Å². The van der Waals surface area contributed by atoms with E-state index in [0.29, 0.717) is 18.7 Å². The minimum absolute atomic E-state index is 0.160. The summed E-state index contributed by atoms with van der Waals surface area (Å²) in [5.41, 5.74) is 1.08. The maximum Gasteiger partial charge on any atom is 0.254 e. The fraction of sp³-hybridized carbons (Fsp3) is 0.200. The Bertz CT molecular complexity index is 644. The van der Waals surface area contributed by atoms with Crippen LogP contribution in [0.15, 0.2) is 36.4 Å². The maximum atomic E-state index is 13.2. The van der Waals surface area contributed by atoms with E-state index in [1.165, 1.54) is 24.3 Å². The Labute approximate surface area is 132 Å². The molecule has 1 heterocycles. The summed E-state index contributed by atoms with van der Waals surface area (Å²) in [6, 6.07) is 9.08. The van der Waals surface area contributed by atoms with Crippen LogP contribution in [0.5, 0.6) is 0 Å². The summed E-state index contributed by atoms with van der Waals surface area (Å²) < 4.78 is 13.2. The second-order valence-corrected chi connectivity index (χ2v) is 5.23. The molecular formula is C15H13Cl2FN2O. The molecule has 0 radical (unpaired) electrons. The molecule has 1 aromatic carbocycles. The number of aromatic nitrogens is 1. The predicted octanol–water partition coefficient (Wildman–Crippen LogP) is 4.19. The fourth-order valence-electron chi connectivity index (χ4n) is 1.95. The molecule has 0 aliphatic carbocycles. The van der Waals surface area contributed by atoms with Crippen LogP contribution in [0.25, 0.3) is 0 Å². The first kappa shape index (κ1) is 15.7. The lowest BCUT2D eigenvalue weighted by Gasteiger charge is -2.21. The van der Waals surface area contributed by atoms with Crippen molar-refractivity contribution in [1.29, 1.82) is 0 Å². The highest BCUT2D eigenvalue weighted by Crippen LogP contribution is 2.17. The van der Waals surface area contributed by atoms with Crippen LogP contribution in [0.4, 0.5) is 4.39 Å². The third-order valence-corrected chi connectivity index (χ3v) is 3.33. The third-order valence-electron chi connectivity index (χ3n) is 2.94.